The van der Waals surface area contributed by atoms with Gasteiger partial charge >= 0.3 is 0 Å². The number of piperidine rings is 1. The number of hydrogen-bond acceptors (Lipinski definition) is 4. The second-order valence-corrected chi connectivity index (χ2v) is 7.13. The van der Waals surface area contributed by atoms with Gasteiger partial charge in [-0.2, -0.15) is 0 Å². The van der Waals surface area contributed by atoms with Gasteiger partial charge in [0.25, 0.3) is 5.92 Å². The van der Waals surface area contributed by atoms with Crippen molar-refractivity contribution in [1.82, 2.24) is 14.9 Å². The van der Waals surface area contributed by atoms with Gasteiger partial charge in [-0.15, -0.1) is 0 Å². The SMILES string of the molecule is FC1(F)CCN(Cc2ccccn2)CC12CCN(c1ccccn1)C2. The lowest BCUT2D eigenvalue weighted by molar-refractivity contribution is -0.159. The fourth-order valence-corrected chi connectivity index (χ4v) is 4.08. The van der Waals surface area contributed by atoms with Crippen molar-refractivity contribution >= 4 is 5.82 Å². The zero-order valence-corrected chi connectivity index (χ0v) is 14.1. The molecule has 1 spiro atoms. The summed E-state index contributed by atoms with van der Waals surface area (Å²) in [5.74, 6) is -1.85. The molecule has 4 rings (SSSR count). The number of nitrogens with zero attached hydrogens (tertiary/aromatic N) is 4. The van der Waals surface area contributed by atoms with Crippen LogP contribution in [0.15, 0.2) is 48.8 Å². The fraction of sp³-hybridized carbons (Fsp3) is 0.474. The normalized spacial score (nSPS) is 26.2. The molecule has 25 heavy (non-hydrogen) atoms. The average molecular weight is 344 g/mol. The van der Waals surface area contributed by atoms with Crippen LogP contribution < -0.4 is 4.90 Å². The van der Waals surface area contributed by atoms with Gasteiger partial charge in [-0.3, -0.25) is 9.88 Å². The summed E-state index contributed by atoms with van der Waals surface area (Å²) in [6.45, 7) is 2.43. The summed E-state index contributed by atoms with van der Waals surface area (Å²) in [4.78, 5) is 12.8. The molecule has 2 saturated heterocycles. The minimum Gasteiger partial charge on any atom is -0.356 e. The van der Waals surface area contributed by atoms with Crippen molar-refractivity contribution in [3.63, 3.8) is 0 Å². The third kappa shape index (κ3) is 3.11. The predicted molar refractivity (Wildman–Crippen MR) is 92.6 cm³/mol. The number of hydrogen-bond donors (Lipinski definition) is 0. The molecule has 1 atom stereocenters. The van der Waals surface area contributed by atoms with E-state index in [1.807, 2.05) is 41.3 Å². The minimum atomic E-state index is -2.64. The van der Waals surface area contributed by atoms with Gasteiger partial charge in [0, 0.05) is 51.5 Å². The Labute approximate surface area is 146 Å². The zero-order valence-electron chi connectivity index (χ0n) is 14.1. The van der Waals surface area contributed by atoms with E-state index in [1.165, 1.54) is 0 Å². The predicted octanol–water partition coefficient (Wildman–Crippen LogP) is 3.21. The highest BCUT2D eigenvalue weighted by Gasteiger charge is 2.59. The number of rotatable bonds is 3. The molecule has 4 heterocycles. The van der Waals surface area contributed by atoms with E-state index in [4.69, 9.17) is 0 Å². The topological polar surface area (TPSA) is 32.3 Å². The Hall–Kier alpha value is -2.08. The number of alkyl halides is 2. The standard InChI is InChI=1S/C19H22F2N4/c20-19(21)8-11-24(13-16-5-1-3-9-22-16)14-18(19)7-12-25(15-18)17-6-2-4-10-23-17/h1-6,9-10H,7-8,11-15H2. The van der Waals surface area contributed by atoms with E-state index < -0.39 is 11.3 Å². The molecule has 1 unspecified atom stereocenters. The second-order valence-electron chi connectivity index (χ2n) is 7.13. The van der Waals surface area contributed by atoms with Crippen LogP contribution in [-0.4, -0.2) is 47.0 Å². The first kappa shape index (κ1) is 16.4. The molecule has 0 radical (unpaired) electrons. The van der Waals surface area contributed by atoms with E-state index in [2.05, 4.69) is 14.9 Å². The van der Waals surface area contributed by atoms with Crippen LogP contribution in [0, 0.1) is 5.41 Å². The number of pyridine rings is 2. The summed E-state index contributed by atoms with van der Waals surface area (Å²) < 4.78 is 29.8. The van der Waals surface area contributed by atoms with Crippen LogP contribution in [0.25, 0.3) is 0 Å². The Morgan fingerprint density at radius 3 is 2.44 bits per heavy atom. The summed E-state index contributed by atoms with van der Waals surface area (Å²) >= 11 is 0. The van der Waals surface area contributed by atoms with Gasteiger partial charge in [0.2, 0.25) is 0 Å². The van der Waals surface area contributed by atoms with Gasteiger partial charge in [0.15, 0.2) is 0 Å². The molecule has 2 aliphatic heterocycles. The molecule has 2 aromatic heterocycles. The molecule has 4 nitrogen and oxygen atoms in total. The molecular formula is C19H22F2N4. The molecular weight excluding hydrogens is 322 g/mol. The van der Waals surface area contributed by atoms with E-state index in [-0.39, 0.29) is 6.42 Å². The largest absolute Gasteiger partial charge is 0.356 e. The lowest BCUT2D eigenvalue weighted by atomic mass is 9.75. The molecule has 2 aliphatic rings. The van der Waals surface area contributed by atoms with Gasteiger partial charge < -0.3 is 4.90 Å². The average Bonchev–Trinajstić information content (AvgIpc) is 3.06. The maximum absolute atomic E-state index is 14.9. The van der Waals surface area contributed by atoms with Crippen LogP contribution in [0.1, 0.15) is 18.5 Å². The molecule has 2 fully saturated rings. The molecule has 0 saturated carbocycles. The molecule has 2 aromatic rings. The maximum Gasteiger partial charge on any atom is 0.257 e. The first-order valence-corrected chi connectivity index (χ1v) is 8.74. The van der Waals surface area contributed by atoms with Crippen molar-refractivity contribution in [2.45, 2.75) is 25.3 Å². The van der Waals surface area contributed by atoms with Crippen LogP contribution in [0.2, 0.25) is 0 Å². The molecule has 0 bridgehead atoms. The fourth-order valence-electron chi connectivity index (χ4n) is 4.08. The van der Waals surface area contributed by atoms with Gasteiger partial charge in [-0.25, -0.2) is 13.8 Å². The first-order valence-electron chi connectivity index (χ1n) is 8.74. The van der Waals surface area contributed by atoms with E-state index >= 15 is 0 Å². The van der Waals surface area contributed by atoms with Crippen molar-refractivity contribution in [3.05, 3.63) is 54.5 Å². The van der Waals surface area contributed by atoms with Gasteiger partial charge in [0.1, 0.15) is 5.82 Å². The Morgan fingerprint density at radius 2 is 1.72 bits per heavy atom. The van der Waals surface area contributed by atoms with Crippen LogP contribution in [0.4, 0.5) is 14.6 Å². The van der Waals surface area contributed by atoms with Crippen molar-refractivity contribution in [2.24, 2.45) is 5.41 Å². The zero-order chi connectivity index (χ0) is 17.3. The molecule has 0 aromatic carbocycles. The van der Waals surface area contributed by atoms with Crippen molar-refractivity contribution in [2.75, 3.05) is 31.1 Å². The molecule has 0 amide bonds. The number of aromatic nitrogens is 2. The molecule has 6 heteroatoms. The van der Waals surface area contributed by atoms with Crippen molar-refractivity contribution in [1.29, 1.82) is 0 Å². The summed E-state index contributed by atoms with van der Waals surface area (Å²) in [5.41, 5.74) is -0.0696. The van der Waals surface area contributed by atoms with Crippen molar-refractivity contribution < 1.29 is 8.78 Å². The van der Waals surface area contributed by atoms with E-state index in [1.54, 1.807) is 12.4 Å². The third-order valence-corrected chi connectivity index (χ3v) is 5.48. The summed E-state index contributed by atoms with van der Waals surface area (Å²) in [7, 11) is 0. The number of anilines is 1. The maximum atomic E-state index is 14.9. The van der Waals surface area contributed by atoms with Gasteiger partial charge in [0.05, 0.1) is 11.1 Å². The number of halogens is 2. The quantitative estimate of drug-likeness (QED) is 0.856. The lowest BCUT2D eigenvalue weighted by Gasteiger charge is -2.45. The monoisotopic (exact) mass is 344 g/mol. The molecule has 0 N–H and O–H groups in total. The first-order chi connectivity index (χ1) is 12.1. The van der Waals surface area contributed by atoms with Crippen molar-refractivity contribution in [3.8, 4) is 0 Å². The minimum absolute atomic E-state index is 0.0874. The Bertz CT molecular complexity index is 710. The Kier molecular flexibility index (Phi) is 4.15. The Balaban J connectivity index is 1.52. The third-order valence-electron chi connectivity index (χ3n) is 5.48. The van der Waals surface area contributed by atoms with Gasteiger partial charge in [-0.1, -0.05) is 12.1 Å². The summed E-state index contributed by atoms with van der Waals surface area (Å²) in [5, 5.41) is 0. The Morgan fingerprint density at radius 1 is 0.920 bits per heavy atom. The highest BCUT2D eigenvalue weighted by atomic mass is 19.3. The summed E-state index contributed by atoms with van der Waals surface area (Å²) in [6, 6.07) is 11.4. The van der Waals surface area contributed by atoms with E-state index in [0.29, 0.717) is 39.1 Å². The van der Waals surface area contributed by atoms with Crippen LogP contribution in [0.3, 0.4) is 0 Å². The highest BCUT2D eigenvalue weighted by Crippen LogP contribution is 2.50. The van der Waals surface area contributed by atoms with Crippen LogP contribution in [-0.2, 0) is 6.54 Å². The second kappa shape index (κ2) is 6.33. The van der Waals surface area contributed by atoms with E-state index in [0.717, 1.165) is 11.5 Å². The van der Waals surface area contributed by atoms with Crippen LogP contribution >= 0.6 is 0 Å². The molecule has 132 valence electrons. The molecule has 0 aliphatic carbocycles. The smallest absolute Gasteiger partial charge is 0.257 e. The summed E-state index contributed by atoms with van der Waals surface area (Å²) in [6.07, 6.45) is 3.87. The van der Waals surface area contributed by atoms with Gasteiger partial charge in [-0.05, 0) is 30.7 Å². The highest BCUT2D eigenvalue weighted by molar-refractivity contribution is 5.40. The lowest BCUT2D eigenvalue weighted by Crippen LogP contribution is -2.56. The number of likely N-dealkylation sites (tertiary alicyclic amines) is 1. The van der Waals surface area contributed by atoms with E-state index in [9.17, 15) is 8.78 Å². The van der Waals surface area contributed by atoms with Crippen LogP contribution in [0.5, 0.6) is 0 Å².